The highest BCUT2D eigenvalue weighted by Crippen LogP contribution is 2.43. The first kappa shape index (κ1) is 18.6. The molecule has 1 heterocycles. The van der Waals surface area contributed by atoms with Crippen molar-refractivity contribution in [3.05, 3.63) is 47.0 Å². The number of cyclic esters (lactones) is 1. The van der Waals surface area contributed by atoms with Crippen LogP contribution >= 0.6 is 0 Å². The molecule has 142 valence electrons. The van der Waals surface area contributed by atoms with Gasteiger partial charge in [0, 0.05) is 5.56 Å². The lowest BCUT2D eigenvalue weighted by Crippen LogP contribution is -2.08. The van der Waals surface area contributed by atoms with Gasteiger partial charge in [0.05, 0.1) is 32.8 Å². The molecule has 2 aromatic carbocycles. The van der Waals surface area contributed by atoms with Crippen molar-refractivity contribution in [1.82, 2.24) is 0 Å². The minimum absolute atomic E-state index is 0.114. The summed E-state index contributed by atoms with van der Waals surface area (Å²) in [6.07, 6.45) is -0.882. The van der Waals surface area contributed by atoms with Crippen LogP contribution in [0.15, 0.2) is 30.3 Å². The van der Waals surface area contributed by atoms with Crippen LogP contribution in [0.1, 0.15) is 45.7 Å². The average molecular weight is 372 g/mol. The molecule has 3 rings (SSSR count). The number of ketones is 1. The van der Waals surface area contributed by atoms with Gasteiger partial charge < -0.3 is 24.1 Å². The zero-order chi connectivity index (χ0) is 19.6. The highest BCUT2D eigenvalue weighted by atomic mass is 16.6. The van der Waals surface area contributed by atoms with Gasteiger partial charge >= 0.3 is 5.97 Å². The first-order valence-electron chi connectivity index (χ1n) is 8.45. The zero-order valence-electron chi connectivity index (χ0n) is 15.3. The Morgan fingerprint density at radius 2 is 1.96 bits per heavy atom. The molecule has 0 amide bonds. The largest absolute Gasteiger partial charge is 0.507 e. The second kappa shape index (κ2) is 7.57. The van der Waals surface area contributed by atoms with E-state index in [0.29, 0.717) is 23.7 Å². The average Bonchev–Trinajstić information content (AvgIpc) is 2.98. The van der Waals surface area contributed by atoms with Gasteiger partial charge in [-0.05, 0) is 31.2 Å². The van der Waals surface area contributed by atoms with Gasteiger partial charge in [-0.2, -0.15) is 0 Å². The van der Waals surface area contributed by atoms with Gasteiger partial charge in [-0.25, -0.2) is 4.79 Å². The van der Waals surface area contributed by atoms with Gasteiger partial charge in [0.25, 0.3) is 0 Å². The molecule has 0 spiro atoms. The Hall–Kier alpha value is -3.22. The highest BCUT2D eigenvalue weighted by molar-refractivity contribution is 6.02. The number of benzene rings is 2. The van der Waals surface area contributed by atoms with E-state index in [-0.39, 0.29) is 34.8 Å². The Bertz CT molecular complexity index is 888. The summed E-state index contributed by atoms with van der Waals surface area (Å²) in [5.41, 5.74) is 0.916. The Morgan fingerprint density at radius 1 is 1.19 bits per heavy atom. The van der Waals surface area contributed by atoms with Gasteiger partial charge in [-0.1, -0.05) is 6.07 Å². The van der Waals surface area contributed by atoms with E-state index in [1.807, 2.05) is 6.92 Å². The Morgan fingerprint density at radius 3 is 2.63 bits per heavy atom. The number of phenols is 1. The quantitative estimate of drug-likeness (QED) is 0.589. The first-order valence-corrected chi connectivity index (χ1v) is 8.45. The van der Waals surface area contributed by atoms with E-state index in [9.17, 15) is 14.7 Å². The topological polar surface area (TPSA) is 91.3 Å². The predicted octanol–water partition coefficient (Wildman–Crippen LogP) is 3.29. The molecule has 0 saturated carbocycles. The second-order valence-electron chi connectivity index (χ2n) is 5.90. The first-order chi connectivity index (χ1) is 13.0. The van der Waals surface area contributed by atoms with E-state index in [2.05, 4.69) is 0 Å². The predicted molar refractivity (Wildman–Crippen MR) is 95.9 cm³/mol. The number of ether oxygens (including phenoxy) is 4. The Kier molecular flexibility index (Phi) is 5.21. The molecule has 0 fully saturated rings. The van der Waals surface area contributed by atoms with E-state index >= 15 is 0 Å². The third-order valence-corrected chi connectivity index (χ3v) is 4.33. The number of aromatic hydroxyl groups is 1. The van der Waals surface area contributed by atoms with E-state index in [4.69, 9.17) is 18.9 Å². The molecule has 1 aliphatic heterocycles. The lowest BCUT2D eigenvalue weighted by atomic mass is 9.97. The number of hydrogen-bond donors (Lipinski definition) is 1. The van der Waals surface area contributed by atoms with Crippen LogP contribution in [0.25, 0.3) is 0 Å². The molecule has 0 unspecified atom stereocenters. The standard InChI is InChI=1S/C20H20O7/c1-4-26-11-5-7-14(21)13(9-11)15(22)10-17-12-6-8-16(24-2)19(25-3)18(12)20(23)27-17/h5-9,17,21H,4,10H2,1-3H3/t17-/m1/s1. The molecule has 7 heteroatoms. The maximum atomic E-state index is 12.7. The molecule has 1 aliphatic rings. The molecule has 27 heavy (non-hydrogen) atoms. The van der Waals surface area contributed by atoms with Gasteiger partial charge in [-0.15, -0.1) is 0 Å². The van der Waals surface area contributed by atoms with E-state index in [1.54, 1.807) is 18.2 Å². The van der Waals surface area contributed by atoms with Crippen molar-refractivity contribution in [3.8, 4) is 23.0 Å². The molecule has 7 nitrogen and oxygen atoms in total. The minimum Gasteiger partial charge on any atom is -0.507 e. The number of carbonyl (C=O) groups excluding carboxylic acids is 2. The lowest BCUT2D eigenvalue weighted by Gasteiger charge is -2.13. The van der Waals surface area contributed by atoms with E-state index < -0.39 is 12.1 Å². The van der Waals surface area contributed by atoms with E-state index in [0.717, 1.165) is 0 Å². The van der Waals surface area contributed by atoms with Crippen molar-refractivity contribution in [2.75, 3.05) is 20.8 Å². The number of phenolic OH excluding ortho intramolecular Hbond substituents is 1. The lowest BCUT2D eigenvalue weighted by molar-refractivity contribution is 0.0365. The summed E-state index contributed by atoms with van der Waals surface area (Å²) >= 11 is 0. The van der Waals surface area contributed by atoms with Crippen molar-refractivity contribution in [2.24, 2.45) is 0 Å². The van der Waals surface area contributed by atoms with Gasteiger partial charge in [0.2, 0.25) is 0 Å². The number of hydrogen-bond acceptors (Lipinski definition) is 7. The number of rotatable bonds is 7. The van der Waals surface area contributed by atoms with Crippen LogP contribution in [0.2, 0.25) is 0 Å². The number of fused-ring (bicyclic) bond motifs is 1. The Balaban J connectivity index is 1.90. The minimum atomic E-state index is -0.769. The number of carbonyl (C=O) groups is 2. The second-order valence-corrected chi connectivity index (χ2v) is 5.90. The van der Waals surface area contributed by atoms with Crippen molar-refractivity contribution in [1.29, 1.82) is 0 Å². The summed E-state index contributed by atoms with van der Waals surface area (Å²) in [7, 11) is 2.90. The van der Waals surface area contributed by atoms with Crippen molar-refractivity contribution < 1.29 is 33.6 Å². The van der Waals surface area contributed by atoms with Crippen LogP contribution in [0.4, 0.5) is 0 Å². The monoisotopic (exact) mass is 372 g/mol. The molecular formula is C20H20O7. The maximum Gasteiger partial charge on any atom is 0.343 e. The van der Waals surface area contributed by atoms with Crippen LogP contribution in [0.5, 0.6) is 23.0 Å². The van der Waals surface area contributed by atoms with Gasteiger partial charge in [0.15, 0.2) is 17.3 Å². The summed E-state index contributed by atoms with van der Waals surface area (Å²) in [4.78, 5) is 25.0. The van der Waals surface area contributed by atoms with Crippen molar-refractivity contribution in [3.63, 3.8) is 0 Å². The highest BCUT2D eigenvalue weighted by Gasteiger charge is 2.37. The molecular weight excluding hydrogens is 352 g/mol. The Labute approximate surface area is 156 Å². The van der Waals surface area contributed by atoms with Crippen LogP contribution in [-0.4, -0.2) is 37.7 Å². The van der Waals surface area contributed by atoms with Crippen LogP contribution in [0, 0.1) is 0 Å². The SMILES string of the molecule is CCOc1ccc(O)c(C(=O)C[C@H]2OC(=O)c3c2ccc(OC)c3OC)c1. The normalized spacial score (nSPS) is 15.1. The van der Waals surface area contributed by atoms with E-state index in [1.165, 1.54) is 26.4 Å². The van der Waals surface area contributed by atoms with Crippen molar-refractivity contribution in [2.45, 2.75) is 19.4 Å². The molecule has 1 N–H and O–H groups in total. The molecule has 0 saturated heterocycles. The number of esters is 1. The van der Waals surface area contributed by atoms with Crippen LogP contribution in [0.3, 0.4) is 0 Å². The molecule has 2 aromatic rings. The molecule has 1 atom stereocenters. The number of Topliss-reactive ketones (excluding diaryl/α,β-unsaturated/α-hetero) is 1. The van der Waals surface area contributed by atoms with Crippen LogP contribution < -0.4 is 14.2 Å². The molecule has 0 aliphatic carbocycles. The smallest absolute Gasteiger partial charge is 0.343 e. The van der Waals surface area contributed by atoms with Crippen molar-refractivity contribution >= 4 is 11.8 Å². The summed E-state index contributed by atoms with van der Waals surface area (Å²) in [5.74, 6) is 0.0629. The summed E-state index contributed by atoms with van der Waals surface area (Å²) in [5, 5.41) is 10.0. The molecule has 0 radical (unpaired) electrons. The fraction of sp³-hybridized carbons (Fsp3) is 0.300. The fourth-order valence-electron chi connectivity index (χ4n) is 3.10. The zero-order valence-corrected chi connectivity index (χ0v) is 15.3. The third-order valence-electron chi connectivity index (χ3n) is 4.33. The van der Waals surface area contributed by atoms with Gasteiger partial charge in [0.1, 0.15) is 23.2 Å². The van der Waals surface area contributed by atoms with Crippen LogP contribution in [-0.2, 0) is 4.74 Å². The molecule has 0 aromatic heterocycles. The van der Waals surface area contributed by atoms with Gasteiger partial charge in [-0.3, -0.25) is 4.79 Å². The number of methoxy groups -OCH3 is 2. The summed E-state index contributed by atoms with van der Waals surface area (Å²) in [6.45, 7) is 2.26. The summed E-state index contributed by atoms with van der Waals surface area (Å²) in [6, 6.07) is 7.80. The molecule has 0 bridgehead atoms. The third kappa shape index (κ3) is 3.40. The summed E-state index contributed by atoms with van der Waals surface area (Å²) < 4.78 is 21.2. The maximum absolute atomic E-state index is 12.7. The fourth-order valence-corrected chi connectivity index (χ4v) is 3.10.